The maximum atomic E-state index is 13.0. The first-order valence-corrected chi connectivity index (χ1v) is 8.66. The van der Waals surface area contributed by atoms with Crippen LogP contribution in [0.2, 0.25) is 5.02 Å². The number of methoxy groups -OCH3 is 1. The Morgan fingerprint density at radius 1 is 1.39 bits per heavy atom. The summed E-state index contributed by atoms with van der Waals surface area (Å²) in [7, 11) is 1.72. The highest BCUT2D eigenvalue weighted by Gasteiger charge is 2.29. The molecule has 0 spiro atoms. The summed E-state index contributed by atoms with van der Waals surface area (Å²) in [5.74, 6) is 0.0216. The normalized spacial score (nSPS) is 18.5. The number of aromatic amines is 1. The van der Waals surface area contributed by atoms with Crippen LogP contribution in [-0.2, 0) is 4.74 Å². The van der Waals surface area contributed by atoms with Gasteiger partial charge in [-0.3, -0.25) is 4.79 Å². The third-order valence-corrected chi connectivity index (χ3v) is 5.02. The van der Waals surface area contributed by atoms with Crippen LogP contribution in [0.1, 0.15) is 42.6 Å². The first-order chi connectivity index (χ1) is 11.2. The molecule has 0 radical (unpaired) electrons. The summed E-state index contributed by atoms with van der Waals surface area (Å²) in [4.78, 5) is 18.2. The van der Waals surface area contributed by atoms with Gasteiger partial charge in [-0.1, -0.05) is 29.8 Å². The maximum absolute atomic E-state index is 13.0. The number of amides is 1. The quantitative estimate of drug-likeness (QED) is 0.831. The van der Waals surface area contributed by atoms with Crippen LogP contribution in [0.3, 0.4) is 0 Å². The molecule has 1 aliphatic heterocycles. The van der Waals surface area contributed by atoms with Gasteiger partial charge in [-0.25, -0.2) is 0 Å². The van der Waals surface area contributed by atoms with Crippen LogP contribution in [0.4, 0.5) is 0 Å². The maximum Gasteiger partial charge on any atom is 0.272 e. The van der Waals surface area contributed by atoms with Gasteiger partial charge in [-0.05, 0) is 38.2 Å². The number of H-pyrrole nitrogens is 1. The van der Waals surface area contributed by atoms with Crippen molar-refractivity contribution in [3.05, 3.63) is 35.0 Å². The van der Waals surface area contributed by atoms with Crippen LogP contribution in [-0.4, -0.2) is 42.1 Å². The van der Waals surface area contributed by atoms with E-state index in [0.29, 0.717) is 10.7 Å². The average Bonchev–Trinajstić information content (AvgIpc) is 2.92. The number of carbonyl (C=O) groups excluding carboxylic acids is 1. The van der Waals surface area contributed by atoms with Gasteiger partial charge in [-0.2, -0.15) is 0 Å². The van der Waals surface area contributed by atoms with E-state index in [2.05, 4.69) is 4.98 Å². The van der Waals surface area contributed by atoms with Gasteiger partial charge < -0.3 is 14.6 Å². The molecule has 4 nitrogen and oxygen atoms in total. The van der Waals surface area contributed by atoms with Gasteiger partial charge in [-0.15, -0.1) is 0 Å². The molecule has 1 amide bonds. The number of piperidine rings is 1. The zero-order chi connectivity index (χ0) is 16.2. The molecule has 1 aromatic heterocycles. The number of carbonyl (C=O) groups is 1. The molecule has 124 valence electrons. The minimum absolute atomic E-state index is 0.0216. The Kier molecular flexibility index (Phi) is 5.23. The molecular formula is C18H23ClN2O2. The van der Waals surface area contributed by atoms with Gasteiger partial charge in [0.2, 0.25) is 0 Å². The van der Waals surface area contributed by atoms with Crippen LogP contribution in [0.5, 0.6) is 0 Å². The van der Waals surface area contributed by atoms with E-state index in [1.165, 1.54) is 6.42 Å². The summed E-state index contributed by atoms with van der Waals surface area (Å²) in [5, 5.41) is 1.44. The number of hydrogen-bond donors (Lipinski definition) is 1. The third-order valence-electron chi connectivity index (χ3n) is 4.63. The van der Waals surface area contributed by atoms with Crippen molar-refractivity contribution in [3.8, 4) is 0 Å². The first kappa shape index (κ1) is 16.3. The molecule has 1 fully saturated rings. The number of nitrogens with zero attached hydrogens (tertiary/aromatic N) is 1. The van der Waals surface area contributed by atoms with Crippen LogP contribution >= 0.6 is 11.6 Å². The largest absolute Gasteiger partial charge is 0.385 e. The minimum Gasteiger partial charge on any atom is -0.385 e. The topological polar surface area (TPSA) is 45.3 Å². The van der Waals surface area contributed by atoms with Crippen molar-refractivity contribution in [2.45, 2.75) is 38.1 Å². The summed E-state index contributed by atoms with van der Waals surface area (Å²) in [6.07, 6.45) is 5.27. The lowest BCUT2D eigenvalue weighted by Crippen LogP contribution is -2.44. The lowest BCUT2D eigenvalue weighted by Gasteiger charge is -2.35. The van der Waals surface area contributed by atoms with E-state index in [9.17, 15) is 4.79 Å². The lowest BCUT2D eigenvalue weighted by molar-refractivity contribution is 0.0580. The molecule has 0 unspecified atom stereocenters. The number of likely N-dealkylation sites (tertiary alicyclic amines) is 1. The Labute approximate surface area is 141 Å². The molecule has 2 heterocycles. The van der Waals surface area contributed by atoms with Crippen molar-refractivity contribution >= 4 is 28.4 Å². The molecule has 2 aromatic rings. The second-order valence-corrected chi connectivity index (χ2v) is 6.52. The second-order valence-electron chi connectivity index (χ2n) is 6.14. The first-order valence-electron chi connectivity index (χ1n) is 8.28. The molecule has 1 saturated heterocycles. The fourth-order valence-corrected chi connectivity index (χ4v) is 3.72. The van der Waals surface area contributed by atoms with Gasteiger partial charge in [0.05, 0.1) is 5.02 Å². The number of ether oxygens (including phenoxy) is 1. The van der Waals surface area contributed by atoms with Crippen molar-refractivity contribution < 1.29 is 9.53 Å². The summed E-state index contributed by atoms with van der Waals surface area (Å²) in [5.41, 5.74) is 1.43. The predicted molar refractivity (Wildman–Crippen MR) is 93.1 cm³/mol. The lowest BCUT2D eigenvalue weighted by atomic mass is 9.97. The van der Waals surface area contributed by atoms with Crippen LogP contribution < -0.4 is 0 Å². The van der Waals surface area contributed by atoms with Crippen molar-refractivity contribution in [1.82, 2.24) is 9.88 Å². The van der Waals surface area contributed by atoms with Crippen LogP contribution in [0.15, 0.2) is 24.3 Å². The highest BCUT2D eigenvalue weighted by molar-refractivity contribution is 6.38. The Bertz CT molecular complexity index is 683. The monoisotopic (exact) mass is 334 g/mol. The number of benzene rings is 1. The van der Waals surface area contributed by atoms with Crippen molar-refractivity contribution in [2.24, 2.45) is 0 Å². The molecule has 1 N–H and O–H groups in total. The molecule has 1 aromatic carbocycles. The van der Waals surface area contributed by atoms with Crippen molar-refractivity contribution in [3.63, 3.8) is 0 Å². The van der Waals surface area contributed by atoms with Gasteiger partial charge in [0.25, 0.3) is 5.91 Å². The number of para-hydroxylation sites is 1. The van der Waals surface area contributed by atoms with E-state index in [-0.39, 0.29) is 11.9 Å². The van der Waals surface area contributed by atoms with Crippen molar-refractivity contribution in [2.75, 3.05) is 20.3 Å². The Balaban J connectivity index is 1.82. The molecule has 1 atom stereocenters. The summed E-state index contributed by atoms with van der Waals surface area (Å²) >= 11 is 6.45. The number of aromatic nitrogens is 1. The van der Waals surface area contributed by atoms with Crippen LogP contribution in [0, 0.1) is 0 Å². The average molecular weight is 335 g/mol. The molecule has 0 saturated carbocycles. The fraction of sp³-hybridized carbons (Fsp3) is 0.500. The number of hydrogen-bond acceptors (Lipinski definition) is 2. The van der Waals surface area contributed by atoms with Gasteiger partial charge >= 0.3 is 0 Å². The summed E-state index contributed by atoms with van der Waals surface area (Å²) < 4.78 is 5.14. The zero-order valence-electron chi connectivity index (χ0n) is 13.5. The SMILES string of the molecule is COCCC[C@H]1CCCCN1C(=O)c1[nH]c2ccccc2c1Cl. The van der Waals surface area contributed by atoms with E-state index in [1.807, 2.05) is 29.2 Å². The third kappa shape index (κ3) is 3.38. The van der Waals surface area contributed by atoms with E-state index < -0.39 is 0 Å². The highest BCUT2D eigenvalue weighted by Crippen LogP contribution is 2.30. The van der Waals surface area contributed by atoms with E-state index >= 15 is 0 Å². The molecule has 1 aliphatic rings. The smallest absolute Gasteiger partial charge is 0.272 e. The van der Waals surface area contributed by atoms with E-state index in [1.54, 1.807) is 7.11 Å². The standard InChI is InChI=1S/C18H23ClN2O2/c1-23-12-6-8-13-7-4-5-11-21(13)18(22)17-16(19)14-9-2-3-10-15(14)20-17/h2-3,9-10,13,20H,4-8,11-12H2,1H3/t13-/m1/s1. The minimum atomic E-state index is 0.0216. The number of rotatable bonds is 5. The van der Waals surface area contributed by atoms with Gasteiger partial charge in [0, 0.05) is 37.2 Å². The summed E-state index contributed by atoms with van der Waals surface area (Å²) in [6.45, 7) is 1.55. The summed E-state index contributed by atoms with van der Waals surface area (Å²) in [6, 6.07) is 8.05. The van der Waals surface area contributed by atoms with Crippen molar-refractivity contribution in [1.29, 1.82) is 0 Å². The van der Waals surface area contributed by atoms with E-state index in [0.717, 1.165) is 49.7 Å². The second kappa shape index (κ2) is 7.37. The molecule has 5 heteroatoms. The molecular weight excluding hydrogens is 312 g/mol. The Morgan fingerprint density at radius 3 is 3.00 bits per heavy atom. The van der Waals surface area contributed by atoms with Crippen LogP contribution in [0.25, 0.3) is 10.9 Å². The van der Waals surface area contributed by atoms with Gasteiger partial charge in [0.15, 0.2) is 0 Å². The van der Waals surface area contributed by atoms with Gasteiger partial charge in [0.1, 0.15) is 5.69 Å². The molecule has 23 heavy (non-hydrogen) atoms. The fourth-order valence-electron chi connectivity index (χ4n) is 3.43. The molecule has 0 aliphatic carbocycles. The molecule has 3 rings (SSSR count). The number of nitrogens with one attached hydrogen (secondary N) is 1. The zero-order valence-corrected chi connectivity index (χ0v) is 14.2. The Hall–Kier alpha value is -1.52. The highest BCUT2D eigenvalue weighted by atomic mass is 35.5. The molecule has 0 bridgehead atoms. The number of fused-ring (bicyclic) bond motifs is 1. The Morgan fingerprint density at radius 2 is 2.22 bits per heavy atom. The van der Waals surface area contributed by atoms with E-state index in [4.69, 9.17) is 16.3 Å². The number of halogens is 1. The predicted octanol–water partition coefficient (Wildman–Crippen LogP) is 4.24.